The molecule has 1 aliphatic rings. The molecule has 92 valence electrons. The Morgan fingerprint density at radius 3 is 2.53 bits per heavy atom. The normalized spacial score (nSPS) is 17.7. The van der Waals surface area contributed by atoms with Crippen LogP contribution in [0.5, 0.6) is 0 Å². The average Bonchev–Trinajstić information content (AvgIpc) is 2.57. The van der Waals surface area contributed by atoms with Gasteiger partial charge in [-0.25, -0.2) is 4.39 Å². The van der Waals surface area contributed by atoms with Crippen LogP contribution in [0.4, 0.5) is 4.39 Å². The van der Waals surface area contributed by atoms with Crippen LogP contribution < -0.4 is 0 Å². The smallest absolute Gasteiger partial charge is 0.176 e. The molecule has 1 aromatic carbocycles. The van der Waals surface area contributed by atoms with Crippen LogP contribution in [0, 0.1) is 5.82 Å². The third-order valence-electron chi connectivity index (χ3n) is 3.21. The quantitative estimate of drug-likeness (QED) is 0.751. The van der Waals surface area contributed by atoms with Gasteiger partial charge in [-0.1, -0.05) is 25.0 Å². The van der Waals surface area contributed by atoms with Crippen molar-refractivity contribution in [3.63, 3.8) is 0 Å². The monoisotopic (exact) mass is 235 g/mol. The number of hydrogen-bond acceptors (Lipinski definition) is 2. The Hall–Kier alpha value is -1.22. The molecule has 0 spiro atoms. The molecular formula is C14H18FNO. The van der Waals surface area contributed by atoms with E-state index >= 15 is 0 Å². The third kappa shape index (κ3) is 3.63. The maximum Gasteiger partial charge on any atom is 0.176 e. The van der Waals surface area contributed by atoms with E-state index in [0.29, 0.717) is 12.1 Å². The predicted molar refractivity (Wildman–Crippen MR) is 65.6 cm³/mol. The molecule has 0 aliphatic carbocycles. The molecule has 1 aromatic rings. The summed E-state index contributed by atoms with van der Waals surface area (Å²) in [5, 5.41) is 0. The lowest BCUT2D eigenvalue weighted by molar-refractivity contribution is 0.0932. The first kappa shape index (κ1) is 12.2. The van der Waals surface area contributed by atoms with Crippen molar-refractivity contribution in [2.75, 3.05) is 19.6 Å². The van der Waals surface area contributed by atoms with Gasteiger partial charge in [-0.2, -0.15) is 0 Å². The highest BCUT2D eigenvalue weighted by Crippen LogP contribution is 2.11. The zero-order valence-electron chi connectivity index (χ0n) is 9.99. The Bertz CT molecular complexity index is 384. The average molecular weight is 235 g/mol. The van der Waals surface area contributed by atoms with E-state index in [9.17, 15) is 9.18 Å². The topological polar surface area (TPSA) is 20.3 Å². The number of ketones is 1. The summed E-state index contributed by atoms with van der Waals surface area (Å²) in [5.74, 6) is -0.321. The van der Waals surface area contributed by atoms with E-state index in [4.69, 9.17) is 0 Å². The highest BCUT2D eigenvalue weighted by Gasteiger charge is 2.14. The Balaban J connectivity index is 1.96. The molecule has 0 unspecified atom stereocenters. The van der Waals surface area contributed by atoms with Gasteiger partial charge in [0, 0.05) is 5.56 Å². The summed E-state index contributed by atoms with van der Waals surface area (Å²) in [5.41, 5.74) is 0.481. The number of rotatable bonds is 3. The van der Waals surface area contributed by atoms with Crippen LogP contribution in [0.3, 0.4) is 0 Å². The molecule has 0 aromatic heterocycles. The molecule has 0 bridgehead atoms. The summed E-state index contributed by atoms with van der Waals surface area (Å²) < 4.78 is 13.0. The zero-order valence-corrected chi connectivity index (χ0v) is 9.99. The fourth-order valence-electron chi connectivity index (χ4n) is 2.25. The van der Waals surface area contributed by atoms with Gasteiger partial charge in [0.25, 0.3) is 0 Å². The highest BCUT2D eigenvalue weighted by molar-refractivity contribution is 5.97. The molecule has 1 aliphatic heterocycles. The number of nitrogens with zero attached hydrogens (tertiary/aromatic N) is 1. The molecule has 2 rings (SSSR count). The van der Waals surface area contributed by atoms with Gasteiger partial charge in [0.15, 0.2) is 5.78 Å². The van der Waals surface area contributed by atoms with Crippen molar-refractivity contribution >= 4 is 5.78 Å². The van der Waals surface area contributed by atoms with E-state index in [1.807, 2.05) is 0 Å². The van der Waals surface area contributed by atoms with Crippen LogP contribution in [-0.2, 0) is 0 Å². The summed E-state index contributed by atoms with van der Waals surface area (Å²) in [6.07, 6.45) is 4.84. The van der Waals surface area contributed by atoms with Gasteiger partial charge in [-0.3, -0.25) is 9.69 Å². The number of benzene rings is 1. The van der Waals surface area contributed by atoms with Crippen molar-refractivity contribution in [3.05, 3.63) is 35.6 Å². The van der Waals surface area contributed by atoms with Crippen molar-refractivity contribution in [3.8, 4) is 0 Å². The van der Waals surface area contributed by atoms with E-state index in [2.05, 4.69) is 4.90 Å². The number of Topliss-reactive ketones (excluding diaryl/α,β-unsaturated/α-hetero) is 1. The van der Waals surface area contributed by atoms with Crippen LogP contribution in [-0.4, -0.2) is 30.3 Å². The van der Waals surface area contributed by atoms with Crippen molar-refractivity contribution in [1.29, 1.82) is 0 Å². The lowest BCUT2D eigenvalue weighted by Crippen LogP contribution is -2.30. The van der Waals surface area contributed by atoms with Crippen LogP contribution in [0.2, 0.25) is 0 Å². The van der Waals surface area contributed by atoms with Crippen molar-refractivity contribution < 1.29 is 9.18 Å². The second-order valence-corrected chi connectivity index (χ2v) is 4.62. The van der Waals surface area contributed by atoms with Crippen molar-refractivity contribution in [2.45, 2.75) is 25.7 Å². The molecule has 0 radical (unpaired) electrons. The van der Waals surface area contributed by atoms with Gasteiger partial charge in [-0.05, 0) is 38.1 Å². The Labute approximate surface area is 101 Å². The second-order valence-electron chi connectivity index (χ2n) is 4.62. The number of likely N-dealkylation sites (tertiary alicyclic amines) is 1. The minimum Gasteiger partial charge on any atom is -0.296 e. The highest BCUT2D eigenvalue weighted by atomic mass is 19.1. The molecule has 1 saturated heterocycles. The summed E-state index contributed by atoms with van der Waals surface area (Å²) in [6.45, 7) is 2.39. The Kier molecular flexibility index (Phi) is 4.26. The molecule has 0 N–H and O–H groups in total. The molecular weight excluding hydrogens is 217 g/mol. The van der Waals surface area contributed by atoms with Gasteiger partial charge in [0.05, 0.1) is 6.54 Å². The van der Waals surface area contributed by atoms with Crippen LogP contribution in [0.15, 0.2) is 24.3 Å². The molecule has 3 heteroatoms. The van der Waals surface area contributed by atoms with E-state index in [-0.39, 0.29) is 11.6 Å². The van der Waals surface area contributed by atoms with Gasteiger partial charge in [-0.15, -0.1) is 0 Å². The molecule has 17 heavy (non-hydrogen) atoms. The first-order valence-electron chi connectivity index (χ1n) is 6.27. The molecule has 2 nitrogen and oxygen atoms in total. The maximum atomic E-state index is 13.0. The largest absolute Gasteiger partial charge is 0.296 e. The minimum absolute atomic E-state index is 0.0198. The lowest BCUT2D eigenvalue weighted by Gasteiger charge is -2.18. The van der Waals surface area contributed by atoms with Crippen LogP contribution >= 0.6 is 0 Å². The number of halogens is 1. The molecule has 0 saturated carbocycles. The fourth-order valence-corrected chi connectivity index (χ4v) is 2.25. The van der Waals surface area contributed by atoms with E-state index < -0.39 is 0 Å². The zero-order chi connectivity index (χ0) is 12.1. The van der Waals surface area contributed by atoms with E-state index in [1.165, 1.54) is 25.0 Å². The predicted octanol–water partition coefficient (Wildman–Crippen LogP) is 2.88. The number of hydrogen-bond donors (Lipinski definition) is 0. The standard InChI is InChI=1S/C14H18FNO/c15-13-7-5-6-12(10-13)14(17)11-16-8-3-1-2-4-9-16/h5-7,10H,1-4,8-9,11H2. The third-order valence-corrected chi connectivity index (χ3v) is 3.21. The van der Waals surface area contributed by atoms with E-state index in [1.54, 1.807) is 12.1 Å². The maximum absolute atomic E-state index is 13.0. The lowest BCUT2D eigenvalue weighted by atomic mass is 10.1. The van der Waals surface area contributed by atoms with Gasteiger partial charge >= 0.3 is 0 Å². The molecule has 0 amide bonds. The number of carbonyl (C=O) groups is 1. The summed E-state index contributed by atoms with van der Waals surface area (Å²) in [7, 11) is 0. The van der Waals surface area contributed by atoms with Crippen molar-refractivity contribution in [2.24, 2.45) is 0 Å². The van der Waals surface area contributed by atoms with Crippen LogP contribution in [0.25, 0.3) is 0 Å². The molecule has 1 heterocycles. The summed E-state index contributed by atoms with van der Waals surface area (Å²) in [6, 6.07) is 5.96. The SMILES string of the molecule is O=C(CN1CCCCCC1)c1cccc(F)c1. The van der Waals surface area contributed by atoms with Crippen LogP contribution in [0.1, 0.15) is 36.0 Å². The van der Waals surface area contributed by atoms with Gasteiger partial charge in [0.2, 0.25) is 0 Å². The van der Waals surface area contributed by atoms with E-state index in [0.717, 1.165) is 25.9 Å². The summed E-state index contributed by atoms with van der Waals surface area (Å²) >= 11 is 0. The minimum atomic E-state index is -0.341. The fraction of sp³-hybridized carbons (Fsp3) is 0.500. The Morgan fingerprint density at radius 1 is 1.18 bits per heavy atom. The molecule has 1 fully saturated rings. The first-order chi connectivity index (χ1) is 8.25. The second kappa shape index (κ2) is 5.92. The van der Waals surface area contributed by atoms with Gasteiger partial charge in [0.1, 0.15) is 5.82 Å². The summed E-state index contributed by atoms with van der Waals surface area (Å²) in [4.78, 5) is 14.1. The first-order valence-corrected chi connectivity index (χ1v) is 6.27. The Morgan fingerprint density at radius 2 is 1.88 bits per heavy atom. The van der Waals surface area contributed by atoms with Crippen molar-refractivity contribution in [1.82, 2.24) is 4.90 Å². The number of carbonyl (C=O) groups excluding carboxylic acids is 1. The van der Waals surface area contributed by atoms with Gasteiger partial charge < -0.3 is 0 Å². The molecule has 0 atom stereocenters.